The maximum atomic E-state index is 5.55. The van der Waals surface area contributed by atoms with Crippen molar-refractivity contribution in [3.05, 3.63) is 12.4 Å². The zero-order valence-electron chi connectivity index (χ0n) is 9.85. The van der Waals surface area contributed by atoms with Crippen LogP contribution in [-0.4, -0.2) is 42.0 Å². The largest absolute Gasteiger partial charge is 0.376 e. The van der Waals surface area contributed by atoms with Crippen molar-refractivity contribution < 1.29 is 9.47 Å². The highest BCUT2D eigenvalue weighted by atomic mass is 16.6. The lowest BCUT2D eigenvalue weighted by molar-refractivity contribution is -0.0819. The van der Waals surface area contributed by atoms with Gasteiger partial charge in [0.25, 0.3) is 0 Å². The summed E-state index contributed by atoms with van der Waals surface area (Å²) in [7, 11) is 0. The van der Waals surface area contributed by atoms with Crippen LogP contribution in [-0.2, 0) is 9.47 Å². The van der Waals surface area contributed by atoms with Crippen LogP contribution in [0.15, 0.2) is 12.4 Å². The highest BCUT2D eigenvalue weighted by Gasteiger charge is 2.15. The normalized spacial score (nSPS) is 21.3. The fourth-order valence-electron chi connectivity index (χ4n) is 1.73. The SMILES string of the molecule is CC(C)n1ccnc1NCC1COCCO1. The van der Waals surface area contributed by atoms with E-state index < -0.39 is 0 Å². The molecule has 0 aliphatic carbocycles. The lowest BCUT2D eigenvalue weighted by atomic mass is 10.3. The Bertz CT molecular complexity index is 319. The Morgan fingerprint density at radius 1 is 1.56 bits per heavy atom. The predicted octanol–water partition coefficient (Wildman–Crippen LogP) is 1.29. The fraction of sp³-hybridized carbons (Fsp3) is 0.727. The number of hydrogen-bond acceptors (Lipinski definition) is 4. The van der Waals surface area contributed by atoms with Crippen LogP contribution in [0.3, 0.4) is 0 Å². The standard InChI is InChI=1S/C11H19N3O2/c1-9(2)14-4-3-12-11(14)13-7-10-8-15-5-6-16-10/h3-4,9-10H,5-8H2,1-2H3,(H,12,13). The van der Waals surface area contributed by atoms with Gasteiger partial charge >= 0.3 is 0 Å². The van der Waals surface area contributed by atoms with Crippen LogP contribution >= 0.6 is 0 Å². The number of ether oxygens (including phenoxy) is 2. The first-order valence-corrected chi connectivity index (χ1v) is 5.73. The molecule has 0 saturated carbocycles. The zero-order valence-corrected chi connectivity index (χ0v) is 9.85. The minimum absolute atomic E-state index is 0.131. The Labute approximate surface area is 95.8 Å². The number of imidazole rings is 1. The molecule has 0 bridgehead atoms. The summed E-state index contributed by atoms with van der Waals surface area (Å²) in [5.74, 6) is 0.893. The van der Waals surface area contributed by atoms with Crippen molar-refractivity contribution in [2.24, 2.45) is 0 Å². The molecule has 0 amide bonds. The number of nitrogens with zero attached hydrogens (tertiary/aromatic N) is 2. The summed E-state index contributed by atoms with van der Waals surface area (Å²) in [5.41, 5.74) is 0. The number of hydrogen-bond donors (Lipinski definition) is 1. The van der Waals surface area contributed by atoms with Gasteiger partial charge in [0.05, 0.1) is 25.9 Å². The smallest absolute Gasteiger partial charge is 0.203 e. The van der Waals surface area contributed by atoms with Crippen LogP contribution in [0.4, 0.5) is 5.95 Å². The van der Waals surface area contributed by atoms with Gasteiger partial charge in [-0.1, -0.05) is 0 Å². The molecule has 2 heterocycles. The molecule has 1 aliphatic heterocycles. The lowest BCUT2D eigenvalue weighted by Crippen LogP contribution is -2.34. The minimum Gasteiger partial charge on any atom is -0.376 e. The average Bonchev–Trinajstić information content (AvgIpc) is 2.76. The van der Waals surface area contributed by atoms with Crippen LogP contribution in [0.25, 0.3) is 0 Å². The minimum atomic E-state index is 0.131. The second-order valence-corrected chi connectivity index (χ2v) is 4.20. The van der Waals surface area contributed by atoms with E-state index in [9.17, 15) is 0 Å². The molecule has 1 atom stereocenters. The fourth-order valence-corrected chi connectivity index (χ4v) is 1.73. The van der Waals surface area contributed by atoms with Gasteiger partial charge in [0.2, 0.25) is 5.95 Å². The van der Waals surface area contributed by atoms with Gasteiger partial charge in [0.15, 0.2) is 0 Å². The summed E-state index contributed by atoms with van der Waals surface area (Å²) in [6.45, 7) is 7.06. The number of nitrogens with one attached hydrogen (secondary N) is 1. The number of rotatable bonds is 4. The van der Waals surface area contributed by atoms with Crippen molar-refractivity contribution in [1.29, 1.82) is 0 Å². The van der Waals surface area contributed by atoms with Crippen molar-refractivity contribution in [2.45, 2.75) is 26.0 Å². The lowest BCUT2D eigenvalue weighted by Gasteiger charge is -2.23. The molecule has 1 N–H and O–H groups in total. The molecule has 1 unspecified atom stereocenters. The third kappa shape index (κ3) is 2.74. The van der Waals surface area contributed by atoms with E-state index in [0.29, 0.717) is 25.9 Å². The predicted molar refractivity (Wildman–Crippen MR) is 61.7 cm³/mol. The first kappa shape index (κ1) is 11.4. The Hall–Kier alpha value is -1.07. The molecule has 0 spiro atoms. The van der Waals surface area contributed by atoms with Gasteiger partial charge < -0.3 is 19.4 Å². The second kappa shape index (κ2) is 5.32. The van der Waals surface area contributed by atoms with E-state index in [1.165, 1.54) is 0 Å². The molecule has 16 heavy (non-hydrogen) atoms. The maximum Gasteiger partial charge on any atom is 0.203 e. The first-order chi connectivity index (χ1) is 7.77. The van der Waals surface area contributed by atoms with E-state index in [-0.39, 0.29) is 6.10 Å². The molecule has 0 aromatic carbocycles. The molecule has 90 valence electrons. The summed E-state index contributed by atoms with van der Waals surface area (Å²) < 4.78 is 13.0. The topological polar surface area (TPSA) is 48.3 Å². The Morgan fingerprint density at radius 2 is 2.44 bits per heavy atom. The van der Waals surface area contributed by atoms with Crippen molar-refractivity contribution in [3.63, 3.8) is 0 Å². The van der Waals surface area contributed by atoms with Crippen LogP contribution in [0.5, 0.6) is 0 Å². The van der Waals surface area contributed by atoms with Crippen molar-refractivity contribution in [1.82, 2.24) is 9.55 Å². The highest BCUT2D eigenvalue weighted by molar-refractivity contribution is 5.26. The molecule has 1 aromatic heterocycles. The van der Waals surface area contributed by atoms with E-state index in [0.717, 1.165) is 12.5 Å². The van der Waals surface area contributed by atoms with Gasteiger partial charge in [-0.05, 0) is 13.8 Å². The number of aromatic nitrogens is 2. The Balaban J connectivity index is 1.86. The molecular formula is C11H19N3O2. The van der Waals surface area contributed by atoms with E-state index in [2.05, 4.69) is 28.7 Å². The summed E-state index contributed by atoms with van der Waals surface area (Å²) in [6, 6.07) is 0.411. The van der Waals surface area contributed by atoms with Gasteiger partial charge in [0, 0.05) is 25.0 Å². The summed E-state index contributed by atoms with van der Waals surface area (Å²) >= 11 is 0. The molecule has 5 nitrogen and oxygen atoms in total. The van der Waals surface area contributed by atoms with Gasteiger partial charge in [-0.3, -0.25) is 0 Å². The molecule has 0 radical (unpaired) electrons. The van der Waals surface area contributed by atoms with Gasteiger partial charge in [-0.2, -0.15) is 0 Å². The quantitative estimate of drug-likeness (QED) is 0.839. The average molecular weight is 225 g/mol. The summed E-state index contributed by atoms with van der Waals surface area (Å²) in [6.07, 6.45) is 3.91. The van der Waals surface area contributed by atoms with Crippen LogP contribution < -0.4 is 5.32 Å². The maximum absolute atomic E-state index is 5.55. The van der Waals surface area contributed by atoms with E-state index in [4.69, 9.17) is 9.47 Å². The molecule has 1 aliphatic rings. The monoisotopic (exact) mass is 225 g/mol. The van der Waals surface area contributed by atoms with Gasteiger partial charge in [0.1, 0.15) is 0 Å². The first-order valence-electron chi connectivity index (χ1n) is 5.73. The summed E-state index contributed by atoms with van der Waals surface area (Å²) in [5, 5.41) is 3.29. The Morgan fingerprint density at radius 3 is 3.12 bits per heavy atom. The molecule has 1 saturated heterocycles. The third-order valence-electron chi connectivity index (χ3n) is 2.60. The highest BCUT2D eigenvalue weighted by Crippen LogP contribution is 2.12. The number of anilines is 1. The third-order valence-corrected chi connectivity index (χ3v) is 2.60. The van der Waals surface area contributed by atoms with Crippen LogP contribution in [0.2, 0.25) is 0 Å². The van der Waals surface area contributed by atoms with Crippen molar-refractivity contribution >= 4 is 5.95 Å². The van der Waals surface area contributed by atoms with Crippen molar-refractivity contribution in [3.8, 4) is 0 Å². The molecular weight excluding hydrogens is 206 g/mol. The molecule has 1 aromatic rings. The van der Waals surface area contributed by atoms with Crippen LogP contribution in [0, 0.1) is 0 Å². The van der Waals surface area contributed by atoms with Crippen LogP contribution in [0.1, 0.15) is 19.9 Å². The van der Waals surface area contributed by atoms with Gasteiger partial charge in [-0.15, -0.1) is 0 Å². The molecule has 1 fully saturated rings. The summed E-state index contributed by atoms with van der Waals surface area (Å²) in [4.78, 5) is 4.28. The van der Waals surface area contributed by atoms with E-state index in [1.807, 2.05) is 6.20 Å². The zero-order chi connectivity index (χ0) is 11.4. The Kier molecular flexibility index (Phi) is 3.79. The molecule has 5 heteroatoms. The molecule has 2 rings (SSSR count). The second-order valence-electron chi connectivity index (χ2n) is 4.20. The van der Waals surface area contributed by atoms with Gasteiger partial charge in [-0.25, -0.2) is 4.98 Å². The van der Waals surface area contributed by atoms with Crippen molar-refractivity contribution in [2.75, 3.05) is 31.7 Å². The van der Waals surface area contributed by atoms with E-state index >= 15 is 0 Å². The van der Waals surface area contributed by atoms with E-state index in [1.54, 1.807) is 6.20 Å².